The van der Waals surface area contributed by atoms with Crippen molar-refractivity contribution in [3.05, 3.63) is 70.8 Å². The standard InChI is InChI=1S/C24H23FN2O2/c1-24(2)11-18-22(20(29)12-24)21-14-5-3-4-6-16(14)27-23(21)17(26-18)10-13-7-8-19(28)15(25)9-13/h3-9,20,27-29H,10-12H2,1-2H3/t20-/m1/s1. The number of fused-ring (bicyclic) bond motifs is 5. The molecule has 0 saturated heterocycles. The summed E-state index contributed by atoms with van der Waals surface area (Å²) in [5, 5.41) is 22.6. The van der Waals surface area contributed by atoms with E-state index in [0.29, 0.717) is 12.8 Å². The molecule has 1 aliphatic carbocycles. The number of nitrogens with one attached hydrogen (secondary N) is 1. The molecule has 5 rings (SSSR count). The molecule has 0 bridgehead atoms. The van der Waals surface area contributed by atoms with E-state index in [2.05, 4.69) is 24.9 Å². The molecule has 1 atom stereocenters. The number of hydrogen-bond donors (Lipinski definition) is 3. The van der Waals surface area contributed by atoms with Crippen LogP contribution in [0.15, 0.2) is 42.5 Å². The number of pyridine rings is 1. The summed E-state index contributed by atoms with van der Waals surface area (Å²) in [6, 6.07) is 12.5. The number of rotatable bonds is 2. The first kappa shape index (κ1) is 18.1. The first-order valence-electron chi connectivity index (χ1n) is 9.90. The van der Waals surface area contributed by atoms with Crippen molar-refractivity contribution in [1.82, 2.24) is 9.97 Å². The summed E-state index contributed by atoms with van der Waals surface area (Å²) in [7, 11) is 0. The Kier molecular flexibility index (Phi) is 3.93. The number of aliphatic hydroxyl groups excluding tert-OH is 1. The molecule has 4 nitrogen and oxygen atoms in total. The highest BCUT2D eigenvalue weighted by molar-refractivity contribution is 6.10. The molecule has 0 saturated carbocycles. The largest absolute Gasteiger partial charge is 0.505 e. The number of phenolic OH excluding ortho intramolecular Hbond substituents is 1. The van der Waals surface area contributed by atoms with Gasteiger partial charge in [-0.05, 0) is 42.0 Å². The van der Waals surface area contributed by atoms with E-state index in [1.165, 1.54) is 12.1 Å². The second kappa shape index (κ2) is 6.29. The zero-order valence-corrected chi connectivity index (χ0v) is 16.5. The van der Waals surface area contributed by atoms with Crippen LogP contribution in [-0.2, 0) is 12.8 Å². The van der Waals surface area contributed by atoms with Crippen molar-refractivity contribution in [3.8, 4) is 5.75 Å². The molecule has 2 aromatic carbocycles. The van der Waals surface area contributed by atoms with Gasteiger partial charge in [0.2, 0.25) is 0 Å². The van der Waals surface area contributed by atoms with Crippen LogP contribution in [0.2, 0.25) is 0 Å². The molecule has 2 heterocycles. The smallest absolute Gasteiger partial charge is 0.165 e. The molecule has 2 aromatic heterocycles. The monoisotopic (exact) mass is 390 g/mol. The van der Waals surface area contributed by atoms with Crippen LogP contribution in [0.3, 0.4) is 0 Å². The van der Waals surface area contributed by atoms with Crippen LogP contribution in [0, 0.1) is 11.2 Å². The number of phenols is 1. The first-order valence-corrected chi connectivity index (χ1v) is 9.90. The van der Waals surface area contributed by atoms with E-state index in [4.69, 9.17) is 4.98 Å². The van der Waals surface area contributed by atoms with Gasteiger partial charge in [0.25, 0.3) is 0 Å². The second-order valence-electron chi connectivity index (χ2n) is 8.86. The molecule has 1 aliphatic rings. The topological polar surface area (TPSA) is 69.1 Å². The molecule has 5 heteroatoms. The Hall–Kier alpha value is -2.92. The first-order chi connectivity index (χ1) is 13.8. The van der Waals surface area contributed by atoms with Crippen LogP contribution < -0.4 is 0 Å². The highest BCUT2D eigenvalue weighted by atomic mass is 19.1. The van der Waals surface area contributed by atoms with Gasteiger partial charge >= 0.3 is 0 Å². The van der Waals surface area contributed by atoms with Crippen LogP contribution in [0.4, 0.5) is 4.39 Å². The minimum atomic E-state index is -0.634. The maximum atomic E-state index is 13.9. The van der Waals surface area contributed by atoms with Crippen molar-refractivity contribution in [2.45, 2.75) is 39.2 Å². The van der Waals surface area contributed by atoms with Crippen LogP contribution >= 0.6 is 0 Å². The molecule has 0 amide bonds. The lowest BCUT2D eigenvalue weighted by atomic mass is 9.74. The van der Waals surface area contributed by atoms with Crippen LogP contribution in [0.1, 0.15) is 48.9 Å². The number of benzene rings is 2. The van der Waals surface area contributed by atoms with Gasteiger partial charge in [0.15, 0.2) is 11.6 Å². The number of nitrogens with zero attached hydrogens (tertiary/aromatic N) is 1. The number of aromatic nitrogens is 2. The Morgan fingerprint density at radius 3 is 2.79 bits per heavy atom. The van der Waals surface area contributed by atoms with Crippen LogP contribution in [0.5, 0.6) is 5.75 Å². The summed E-state index contributed by atoms with van der Waals surface area (Å²) in [6.45, 7) is 4.30. The van der Waals surface area contributed by atoms with Gasteiger partial charge in [-0.1, -0.05) is 38.1 Å². The molecule has 148 valence electrons. The van der Waals surface area contributed by atoms with Crippen molar-refractivity contribution < 1.29 is 14.6 Å². The summed E-state index contributed by atoms with van der Waals surface area (Å²) in [5.74, 6) is -0.988. The number of hydrogen-bond acceptors (Lipinski definition) is 3. The fraction of sp³-hybridized carbons (Fsp3) is 0.292. The maximum absolute atomic E-state index is 13.9. The minimum absolute atomic E-state index is 0.0406. The minimum Gasteiger partial charge on any atom is -0.505 e. The van der Waals surface area contributed by atoms with Crippen molar-refractivity contribution in [1.29, 1.82) is 0 Å². The van der Waals surface area contributed by atoms with Gasteiger partial charge in [-0.2, -0.15) is 0 Å². The van der Waals surface area contributed by atoms with E-state index in [0.717, 1.165) is 50.7 Å². The predicted octanol–water partition coefficient (Wildman–Crippen LogP) is 5.16. The van der Waals surface area contributed by atoms with Crippen molar-refractivity contribution in [2.24, 2.45) is 5.41 Å². The normalized spacial score (nSPS) is 18.3. The molecular formula is C24H23FN2O2. The number of halogens is 1. The third-order valence-corrected chi connectivity index (χ3v) is 5.95. The SMILES string of the molecule is CC1(C)Cc2nc(Cc3ccc(O)c(F)c3)c3[nH]c4ccccc4c3c2[C@H](O)C1. The Morgan fingerprint density at radius 2 is 2.00 bits per heavy atom. The second-order valence-corrected chi connectivity index (χ2v) is 8.86. The van der Waals surface area contributed by atoms with Gasteiger partial charge < -0.3 is 15.2 Å². The molecule has 4 aromatic rings. The van der Waals surface area contributed by atoms with Crippen molar-refractivity contribution in [2.75, 3.05) is 0 Å². The van der Waals surface area contributed by atoms with Gasteiger partial charge in [-0.25, -0.2) is 4.39 Å². The fourth-order valence-corrected chi connectivity index (χ4v) is 4.69. The molecule has 0 spiro atoms. The average molecular weight is 390 g/mol. The lowest BCUT2D eigenvalue weighted by Crippen LogP contribution is -2.27. The third kappa shape index (κ3) is 2.97. The molecule has 0 aliphatic heterocycles. The third-order valence-electron chi connectivity index (χ3n) is 5.95. The van der Waals surface area contributed by atoms with Gasteiger partial charge in [0, 0.05) is 34.0 Å². The fourth-order valence-electron chi connectivity index (χ4n) is 4.69. The Balaban J connectivity index is 1.78. The summed E-state index contributed by atoms with van der Waals surface area (Å²) < 4.78 is 13.9. The van der Waals surface area contributed by atoms with E-state index in [9.17, 15) is 14.6 Å². The Bertz CT molecular complexity index is 1260. The van der Waals surface area contributed by atoms with Gasteiger partial charge in [0.1, 0.15) is 0 Å². The summed E-state index contributed by atoms with van der Waals surface area (Å²) >= 11 is 0. The number of aliphatic hydroxyl groups is 1. The van der Waals surface area contributed by atoms with Gasteiger partial charge in [0.05, 0.1) is 17.3 Å². The van der Waals surface area contributed by atoms with E-state index >= 15 is 0 Å². The zero-order chi connectivity index (χ0) is 20.3. The summed E-state index contributed by atoms with van der Waals surface area (Å²) in [4.78, 5) is 8.42. The number of aromatic hydroxyl groups is 1. The van der Waals surface area contributed by atoms with Crippen LogP contribution in [0.25, 0.3) is 21.8 Å². The highest BCUT2D eigenvalue weighted by Crippen LogP contribution is 2.45. The summed E-state index contributed by atoms with van der Waals surface area (Å²) in [6.07, 6.45) is 1.35. The number of para-hydroxylation sites is 1. The van der Waals surface area contributed by atoms with E-state index in [-0.39, 0.29) is 11.2 Å². The van der Waals surface area contributed by atoms with Crippen molar-refractivity contribution >= 4 is 21.8 Å². The van der Waals surface area contributed by atoms with Gasteiger partial charge in [-0.3, -0.25) is 4.98 Å². The number of H-pyrrole nitrogens is 1. The van der Waals surface area contributed by atoms with Crippen LogP contribution in [-0.4, -0.2) is 20.2 Å². The zero-order valence-electron chi connectivity index (χ0n) is 16.5. The van der Waals surface area contributed by atoms with Gasteiger partial charge in [-0.15, -0.1) is 0 Å². The molecule has 29 heavy (non-hydrogen) atoms. The quantitative estimate of drug-likeness (QED) is 0.443. The Labute approximate surface area is 168 Å². The highest BCUT2D eigenvalue weighted by Gasteiger charge is 2.35. The molecule has 0 radical (unpaired) electrons. The molecule has 0 unspecified atom stereocenters. The number of aromatic amines is 1. The molecule has 0 fully saturated rings. The van der Waals surface area contributed by atoms with E-state index in [1.807, 2.05) is 18.2 Å². The van der Waals surface area contributed by atoms with E-state index in [1.54, 1.807) is 6.07 Å². The van der Waals surface area contributed by atoms with E-state index < -0.39 is 11.9 Å². The Morgan fingerprint density at radius 1 is 1.21 bits per heavy atom. The van der Waals surface area contributed by atoms with Crippen molar-refractivity contribution in [3.63, 3.8) is 0 Å². The predicted molar refractivity (Wildman–Crippen MR) is 112 cm³/mol. The lowest BCUT2D eigenvalue weighted by molar-refractivity contribution is 0.0997. The lowest BCUT2D eigenvalue weighted by Gasteiger charge is -2.34. The summed E-state index contributed by atoms with van der Waals surface area (Å²) in [5.41, 5.74) is 5.23. The molecule has 3 N–H and O–H groups in total. The molecular weight excluding hydrogens is 367 g/mol. The average Bonchev–Trinajstić information content (AvgIpc) is 3.03. The maximum Gasteiger partial charge on any atom is 0.165 e.